The first-order valence-electron chi connectivity index (χ1n) is 6.97. The van der Waals surface area contributed by atoms with Crippen molar-refractivity contribution in [2.45, 2.75) is 45.8 Å². The second-order valence-electron chi connectivity index (χ2n) is 5.71. The van der Waals surface area contributed by atoms with Crippen LogP contribution in [-0.2, 0) is 20.1 Å². The Hall–Kier alpha value is -0.870. The van der Waals surface area contributed by atoms with E-state index in [9.17, 15) is 5.11 Å². The zero-order valence-corrected chi connectivity index (χ0v) is 11.8. The van der Waals surface area contributed by atoms with Crippen LogP contribution in [0.3, 0.4) is 0 Å². The average molecular weight is 251 g/mol. The minimum Gasteiger partial charge on any atom is -0.390 e. The van der Waals surface area contributed by atoms with Crippen LogP contribution in [0.25, 0.3) is 0 Å². The van der Waals surface area contributed by atoms with Gasteiger partial charge >= 0.3 is 0 Å². The van der Waals surface area contributed by atoms with Crippen molar-refractivity contribution in [1.82, 2.24) is 14.7 Å². The van der Waals surface area contributed by atoms with E-state index in [1.807, 2.05) is 13.1 Å². The van der Waals surface area contributed by atoms with Crippen molar-refractivity contribution in [3.05, 3.63) is 17.5 Å². The molecule has 4 nitrogen and oxygen atoms in total. The lowest BCUT2D eigenvalue weighted by molar-refractivity contribution is 0.139. The number of aliphatic hydroxyl groups excluding tert-OH is 1. The normalized spacial score (nSPS) is 21.7. The maximum absolute atomic E-state index is 9.18. The molecule has 0 spiro atoms. The summed E-state index contributed by atoms with van der Waals surface area (Å²) in [6, 6.07) is 2.68. The Morgan fingerprint density at radius 3 is 2.89 bits per heavy atom. The Kier molecular flexibility index (Phi) is 4.40. The van der Waals surface area contributed by atoms with Gasteiger partial charge in [0.25, 0.3) is 0 Å². The van der Waals surface area contributed by atoms with Crippen LogP contribution in [0.4, 0.5) is 0 Å². The smallest absolute Gasteiger partial charge is 0.0849 e. The molecule has 2 heterocycles. The van der Waals surface area contributed by atoms with Gasteiger partial charge in [-0.05, 0) is 51.6 Å². The number of hydrogen-bond donors (Lipinski definition) is 1. The molecule has 0 aromatic carbocycles. The van der Waals surface area contributed by atoms with Crippen LogP contribution in [0.2, 0.25) is 0 Å². The fourth-order valence-corrected chi connectivity index (χ4v) is 2.85. The minimum atomic E-state index is 0.0757. The molecule has 0 aliphatic carbocycles. The van der Waals surface area contributed by atoms with Crippen LogP contribution in [0, 0.1) is 5.92 Å². The highest BCUT2D eigenvalue weighted by Crippen LogP contribution is 2.22. The number of nitrogens with zero attached hydrogens (tertiary/aromatic N) is 3. The Bertz CT molecular complexity index is 386. The summed E-state index contributed by atoms with van der Waals surface area (Å²) in [5, 5.41) is 13.7. The number of aryl methyl sites for hydroxylation is 1. The van der Waals surface area contributed by atoms with Crippen molar-refractivity contribution in [3.8, 4) is 0 Å². The standard InChI is InChI=1S/C14H25N3O/c1-11(2)17-6-4-5-12(9-17)7-13-8-14(10-18)16(3)15-13/h8,11-12,18H,4-7,9-10H2,1-3H3. The van der Waals surface area contributed by atoms with Gasteiger partial charge in [0.2, 0.25) is 0 Å². The summed E-state index contributed by atoms with van der Waals surface area (Å²) in [6.07, 6.45) is 3.63. The zero-order chi connectivity index (χ0) is 13.1. The van der Waals surface area contributed by atoms with E-state index in [1.54, 1.807) is 4.68 Å². The first kappa shape index (κ1) is 13.6. The average Bonchev–Trinajstić information content (AvgIpc) is 2.69. The molecule has 4 heteroatoms. The zero-order valence-electron chi connectivity index (χ0n) is 11.8. The van der Waals surface area contributed by atoms with Gasteiger partial charge in [0.1, 0.15) is 0 Å². The van der Waals surface area contributed by atoms with Gasteiger partial charge in [-0.3, -0.25) is 4.68 Å². The van der Waals surface area contributed by atoms with Gasteiger partial charge in [-0.25, -0.2) is 0 Å². The molecule has 0 amide bonds. The summed E-state index contributed by atoms with van der Waals surface area (Å²) >= 11 is 0. The summed E-state index contributed by atoms with van der Waals surface area (Å²) in [6.45, 7) is 7.04. The Labute approximate surface area is 110 Å². The van der Waals surface area contributed by atoms with Gasteiger partial charge in [0, 0.05) is 19.6 Å². The van der Waals surface area contributed by atoms with Crippen LogP contribution in [0.5, 0.6) is 0 Å². The molecule has 1 fully saturated rings. The molecule has 1 aliphatic heterocycles. The highest BCUT2D eigenvalue weighted by Gasteiger charge is 2.22. The van der Waals surface area contributed by atoms with Crippen molar-refractivity contribution >= 4 is 0 Å². The Morgan fingerprint density at radius 1 is 1.50 bits per heavy atom. The largest absolute Gasteiger partial charge is 0.390 e. The third kappa shape index (κ3) is 3.12. The van der Waals surface area contributed by atoms with Gasteiger partial charge in [0.05, 0.1) is 18.0 Å². The van der Waals surface area contributed by atoms with Crippen molar-refractivity contribution < 1.29 is 5.11 Å². The Morgan fingerprint density at radius 2 is 2.28 bits per heavy atom. The van der Waals surface area contributed by atoms with Crippen molar-refractivity contribution in [2.24, 2.45) is 13.0 Å². The third-order valence-corrected chi connectivity index (χ3v) is 3.97. The molecule has 0 saturated carbocycles. The summed E-state index contributed by atoms with van der Waals surface area (Å²) in [5.41, 5.74) is 2.03. The number of rotatable bonds is 4. The highest BCUT2D eigenvalue weighted by atomic mass is 16.3. The van der Waals surface area contributed by atoms with Gasteiger partial charge in [-0.2, -0.15) is 5.10 Å². The van der Waals surface area contributed by atoms with E-state index in [2.05, 4.69) is 23.8 Å². The van der Waals surface area contributed by atoms with Crippen molar-refractivity contribution in [2.75, 3.05) is 13.1 Å². The molecule has 1 aromatic rings. The van der Waals surface area contributed by atoms with E-state index < -0.39 is 0 Å². The second kappa shape index (κ2) is 5.85. The van der Waals surface area contributed by atoms with Gasteiger partial charge < -0.3 is 10.0 Å². The lowest BCUT2D eigenvalue weighted by Crippen LogP contribution is -2.40. The molecule has 1 saturated heterocycles. The predicted octanol–water partition coefficient (Wildman–Crippen LogP) is 1.58. The van der Waals surface area contributed by atoms with E-state index in [4.69, 9.17) is 0 Å². The van der Waals surface area contributed by atoms with Crippen LogP contribution < -0.4 is 0 Å². The topological polar surface area (TPSA) is 41.3 Å². The molecule has 2 rings (SSSR count). The van der Waals surface area contributed by atoms with Crippen LogP contribution >= 0.6 is 0 Å². The number of aliphatic hydroxyl groups is 1. The maximum atomic E-state index is 9.18. The van der Waals surface area contributed by atoms with E-state index in [0.717, 1.165) is 17.8 Å². The molecule has 1 atom stereocenters. The number of piperidine rings is 1. The quantitative estimate of drug-likeness (QED) is 0.883. The summed E-state index contributed by atoms with van der Waals surface area (Å²) < 4.78 is 1.79. The molecule has 1 N–H and O–H groups in total. The molecule has 18 heavy (non-hydrogen) atoms. The van der Waals surface area contributed by atoms with Gasteiger partial charge in [-0.15, -0.1) is 0 Å². The lowest BCUT2D eigenvalue weighted by atomic mass is 9.92. The minimum absolute atomic E-state index is 0.0757. The molecule has 1 aliphatic rings. The van der Waals surface area contributed by atoms with Crippen molar-refractivity contribution in [1.29, 1.82) is 0 Å². The van der Waals surface area contributed by atoms with Gasteiger partial charge in [-0.1, -0.05) is 0 Å². The first-order valence-corrected chi connectivity index (χ1v) is 6.97. The number of hydrogen-bond acceptors (Lipinski definition) is 3. The monoisotopic (exact) mass is 251 g/mol. The summed E-state index contributed by atoms with van der Waals surface area (Å²) in [5.74, 6) is 0.711. The van der Waals surface area contributed by atoms with E-state index in [1.165, 1.54) is 25.9 Å². The van der Waals surface area contributed by atoms with Gasteiger partial charge in [0.15, 0.2) is 0 Å². The molecule has 102 valence electrons. The fourth-order valence-electron chi connectivity index (χ4n) is 2.85. The van der Waals surface area contributed by atoms with Crippen LogP contribution in [0.15, 0.2) is 6.07 Å². The molecule has 1 unspecified atom stereocenters. The highest BCUT2D eigenvalue weighted by molar-refractivity contribution is 5.10. The Balaban J connectivity index is 1.96. The number of likely N-dealkylation sites (tertiary alicyclic amines) is 1. The molecule has 0 bridgehead atoms. The molecule has 0 radical (unpaired) electrons. The third-order valence-electron chi connectivity index (χ3n) is 3.97. The fraction of sp³-hybridized carbons (Fsp3) is 0.786. The van der Waals surface area contributed by atoms with E-state index >= 15 is 0 Å². The van der Waals surface area contributed by atoms with E-state index in [0.29, 0.717) is 12.0 Å². The lowest BCUT2D eigenvalue weighted by Gasteiger charge is -2.35. The first-order chi connectivity index (χ1) is 8.60. The molecular weight excluding hydrogens is 226 g/mol. The number of aromatic nitrogens is 2. The summed E-state index contributed by atoms with van der Waals surface area (Å²) in [7, 11) is 1.90. The summed E-state index contributed by atoms with van der Waals surface area (Å²) in [4.78, 5) is 2.56. The SMILES string of the molecule is CC(C)N1CCCC(Cc2cc(CO)n(C)n2)C1. The predicted molar refractivity (Wildman–Crippen MR) is 72.3 cm³/mol. The molecular formula is C14H25N3O. The maximum Gasteiger partial charge on any atom is 0.0849 e. The van der Waals surface area contributed by atoms with Crippen molar-refractivity contribution in [3.63, 3.8) is 0 Å². The second-order valence-corrected chi connectivity index (χ2v) is 5.71. The van der Waals surface area contributed by atoms with Crippen LogP contribution in [0.1, 0.15) is 38.1 Å². The molecule has 1 aromatic heterocycles. The van der Waals surface area contributed by atoms with Crippen LogP contribution in [-0.4, -0.2) is 38.9 Å². The van der Waals surface area contributed by atoms with E-state index in [-0.39, 0.29) is 6.61 Å².